The lowest BCUT2D eigenvalue weighted by atomic mass is 9.99. The van der Waals surface area contributed by atoms with Crippen LogP contribution in [0.4, 0.5) is 0 Å². The fourth-order valence-corrected chi connectivity index (χ4v) is 2.45. The fraction of sp³-hybridized carbons (Fsp3) is 0. The highest BCUT2D eigenvalue weighted by molar-refractivity contribution is 5.96. The highest BCUT2D eigenvalue weighted by atomic mass is 16.4. The summed E-state index contributed by atoms with van der Waals surface area (Å²) in [5.41, 5.74) is 2.86. The van der Waals surface area contributed by atoms with E-state index in [9.17, 15) is 19.8 Å². The average molecular weight is 342 g/mol. The lowest BCUT2D eigenvalue weighted by molar-refractivity contribution is 0.0696. The van der Waals surface area contributed by atoms with Gasteiger partial charge in [-0.05, 0) is 53.6 Å². The molecule has 0 radical (unpaired) electrons. The maximum Gasteiger partial charge on any atom is 0.335 e. The molecule has 0 aromatic heterocycles. The van der Waals surface area contributed by atoms with Gasteiger partial charge in [0.1, 0.15) is 0 Å². The second kappa shape index (κ2) is 7.37. The molecule has 4 heteroatoms. The zero-order valence-corrected chi connectivity index (χ0v) is 13.6. The number of aromatic carboxylic acids is 2. The van der Waals surface area contributed by atoms with Crippen molar-refractivity contribution >= 4 is 11.9 Å². The molecule has 0 heterocycles. The van der Waals surface area contributed by atoms with Crippen LogP contribution in [-0.4, -0.2) is 22.2 Å². The molecule has 0 amide bonds. The van der Waals surface area contributed by atoms with Crippen molar-refractivity contribution in [2.75, 3.05) is 0 Å². The lowest BCUT2D eigenvalue weighted by Gasteiger charge is -2.06. The molecule has 4 nitrogen and oxygen atoms in total. The van der Waals surface area contributed by atoms with Crippen molar-refractivity contribution in [3.05, 3.63) is 95.1 Å². The summed E-state index contributed by atoms with van der Waals surface area (Å²) >= 11 is 0. The van der Waals surface area contributed by atoms with Gasteiger partial charge in [-0.2, -0.15) is 0 Å². The van der Waals surface area contributed by atoms with Gasteiger partial charge < -0.3 is 10.2 Å². The number of carboxylic acid groups (broad SMARTS) is 2. The molecular formula is C22H14O4. The fourth-order valence-electron chi connectivity index (χ4n) is 2.45. The molecule has 0 aliphatic rings. The van der Waals surface area contributed by atoms with Crippen LogP contribution < -0.4 is 0 Å². The van der Waals surface area contributed by atoms with Crippen LogP contribution >= 0.6 is 0 Å². The van der Waals surface area contributed by atoms with E-state index in [1.54, 1.807) is 12.1 Å². The largest absolute Gasteiger partial charge is 0.478 e. The van der Waals surface area contributed by atoms with Crippen molar-refractivity contribution in [2.24, 2.45) is 0 Å². The van der Waals surface area contributed by atoms with Crippen LogP contribution in [0.1, 0.15) is 31.8 Å². The van der Waals surface area contributed by atoms with Gasteiger partial charge in [-0.1, -0.05) is 42.2 Å². The first-order chi connectivity index (χ1) is 12.5. The Labute approximate surface area is 150 Å². The standard InChI is InChI=1S/C22H14O4/c23-21(24)19-12-18(13-20(14-19)22(25)26)17-10-8-16(9-11-17)7-6-15-4-2-1-3-5-15/h1-5,8-14H,(H,23,24)(H,25,26). The van der Waals surface area contributed by atoms with Crippen molar-refractivity contribution in [3.63, 3.8) is 0 Å². The maximum absolute atomic E-state index is 11.2. The molecule has 26 heavy (non-hydrogen) atoms. The van der Waals surface area contributed by atoms with Crippen molar-refractivity contribution in [2.45, 2.75) is 0 Å². The maximum atomic E-state index is 11.2. The van der Waals surface area contributed by atoms with E-state index >= 15 is 0 Å². The average Bonchev–Trinajstić information content (AvgIpc) is 2.67. The number of carboxylic acids is 2. The van der Waals surface area contributed by atoms with Crippen LogP contribution in [0.25, 0.3) is 11.1 Å². The van der Waals surface area contributed by atoms with Gasteiger partial charge in [0, 0.05) is 11.1 Å². The van der Waals surface area contributed by atoms with Crippen LogP contribution in [-0.2, 0) is 0 Å². The first-order valence-corrected chi connectivity index (χ1v) is 7.82. The number of rotatable bonds is 3. The number of benzene rings is 3. The molecule has 3 aromatic rings. The Hall–Kier alpha value is -3.84. The van der Waals surface area contributed by atoms with E-state index in [4.69, 9.17) is 0 Å². The summed E-state index contributed by atoms with van der Waals surface area (Å²) in [7, 11) is 0. The Bertz CT molecular complexity index is 991. The third-order valence-corrected chi connectivity index (χ3v) is 3.77. The summed E-state index contributed by atoms with van der Waals surface area (Å²) in [4.78, 5) is 22.4. The van der Waals surface area contributed by atoms with Crippen LogP contribution in [0.5, 0.6) is 0 Å². The van der Waals surface area contributed by atoms with Crippen molar-refractivity contribution in [1.29, 1.82) is 0 Å². The van der Waals surface area contributed by atoms with Gasteiger partial charge in [0.25, 0.3) is 0 Å². The molecule has 0 unspecified atom stereocenters. The zero-order chi connectivity index (χ0) is 18.5. The van der Waals surface area contributed by atoms with Crippen LogP contribution in [0.15, 0.2) is 72.8 Å². The minimum atomic E-state index is -1.17. The van der Waals surface area contributed by atoms with E-state index in [1.165, 1.54) is 12.1 Å². The van der Waals surface area contributed by atoms with Gasteiger partial charge in [-0.25, -0.2) is 9.59 Å². The molecule has 0 aliphatic heterocycles. The molecular weight excluding hydrogens is 328 g/mol. The molecule has 0 bridgehead atoms. The van der Waals surface area contributed by atoms with Gasteiger partial charge in [0.15, 0.2) is 0 Å². The molecule has 0 aliphatic carbocycles. The van der Waals surface area contributed by atoms with Gasteiger partial charge >= 0.3 is 11.9 Å². The summed E-state index contributed by atoms with van der Waals surface area (Å²) in [5.74, 6) is 3.79. The Morgan fingerprint density at radius 1 is 0.615 bits per heavy atom. The Kier molecular flexibility index (Phi) is 4.82. The summed E-state index contributed by atoms with van der Waals surface area (Å²) in [6.45, 7) is 0. The second-order valence-corrected chi connectivity index (χ2v) is 5.60. The predicted octanol–water partition coefficient (Wildman–Crippen LogP) is 4.15. The minimum Gasteiger partial charge on any atom is -0.478 e. The summed E-state index contributed by atoms with van der Waals surface area (Å²) in [5, 5.41) is 18.3. The van der Waals surface area contributed by atoms with E-state index < -0.39 is 11.9 Å². The SMILES string of the molecule is O=C(O)c1cc(C(=O)O)cc(-c2ccc(C#Cc3ccccc3)cc2)c1. The van der Waals surface area contributed by atoms with Gasteiger partial charge in [-0.3, -0.25) is 0 Å². The van der Waals surface area contributed by atoms with Crippen LogP contribution in [0.2, 0.25) is 0 Å². The van der Waals surface area contributed by atoms with E-state index in [1.807, 2.05) is 42.5 Å². The van der Waals surface area contributed by atoms with E-state index in [2.05, 4.69) is 11.8 Å². The monoisotopic (exact) mass is 342 g/mol. The van der Waals surface area contributed by atoms with E-state index in [0.29, 0.717) is 5.56 Å². The van der Waals surface area contributed by atoms with Crippen molar-refractivity contribution in [3.8, 4) is 23.0 Å². The first kappa shape index (κ1) is 17.0. The normalized spacial score (nSPS) is 9.85. The predicted molar refractivity (Wildman–Crippen MR) is 98.2 cm³/mol. The highest BCUT2D eigenvalue weighted by Gasteiger charge is 2.12. The Balaban J connectivity index is 1.93. The first-order valence-electron chi connectivity index (χ1n) is 7.82. The van der Waals surface area contributed by atoms with Crippen molar-refractivity contribution in [1.82, 2.24) is 0 Å². The third-order valence-electron chi connectivity index (χ3n) is 3.77. The molecule has 0 atom stereocenters. The third kappa shape index (κ3) is 3.97. The smallest absolute Gasteiger partial charge is 0.335 e. The summed E-state index contributed by atoms with van der Waals surface area (Å²) in [6.07, 6.45) is 0. The van der Waals surface area contributed by atoms with Crippen LogP contribution in [0, 0.1) is 11.8 Å². The number of carbonyl (C=O) groups is 2. The molecule has 126 valence electrons. The molecule has 0 spiro atoms. The summed E-state index contributed by atoms with van der Waals surface area (Å²) < 4.78 is 0. The topological polar surface area (TPSA) is 74.6 Å². The highest BCUT2D eigenvalue weighted by Crippen LogP contribution is 2.23. The number of hydrogen-bond donors (Lipinski definition) is 2. The Morgan fingerprint density at radius 3 is 1.62 bits per heavy atom. The second-order valence-electron chi connectivity index (χ2n) is 5.60. The van der Waals surface area contributed by atoms with Gasteiger partial charge in [0.05, 0.1) is 11.1 Å². The van der Waals surface area contributed by atoms with Crippen LogP contribution in [0.3, 0.4) is 0 Å². The van der Waals surface area contributed by atoms with E-state index in [-0.39, 0.29) is 11.1 Å². The van der Waals surface area contributed by atoms with Gasteiger partial charge in [0.2, 0.25) is 0 Å². The van der Waals surface area contributed by atoms with Gasteiger partial charge in [-0.15, -0.1) is 0 Å². The molecule has 3 rings (SSSR count). The molecule has 0 saturated heterocycles. The lowest BCUT2D eigenvalue weighted by Crippen LogP contribution is -2.03. The quantitative estimate of drug-likeness (QED) is 0.701. The Morgan fingerprint density at radius 2 is 1.12 bits per heavy atom. The molecule has 2 N–H and O–H groups in total. The molecule has 0 saturated carbocycles. The molecule has 3 aromatic carbocycles. The molecule has 0 fully saturated rings. The number of hydrogen-bond acceptors (Lipinski definition) is 2. The minimum absolute atomic E-state index is 0.0622. The zero-order valence-electron chi connectivity index (χ0n) is 13.6. The van der Waals surface area contributed by atoms with Crippen molar-refractivity contribution < 1.29 is 19.8 Å². The summed E-state index contributed by atoms with van der Waals surface area (Å²) in [6, 6.07) is 20.9. The van der Waals surface area contributed by atoms with E-state index in [0.717, 1.165) is 22.8 Å².